The molecule has 1 amide bonds. The lowest BCUT2D eigenvalue weighted by Gasteiger charge is -2.25. The van der Waals surface area contributed by atoms with E-state index in [0.29, 0.717) is 25.5 Å². The van der Waals surface area contributed by atoms with Crippen LogP contribution >= 0.6 is 0 Å². The van der Waals surface area contributed by atoms with E-state index in [0.717, 1.165) is 52.5 Å². The lowest BCUT2D eigenvalue weighted by atomic mass is 9.83. The highest BCUT2D eigenvalue weighted by atomic mass is 16.5. The van der Waals surface area contributed by atoms with Crippen LogP contribution in [0.25, 0.3) is 10.8 Å². The normalized spacial score (nSPS) is 14.7. The van der Waals surface area contributed by atoms with Crippen LogP contribution in [0.4, 0.5) is 0 Å². The number of nitrogen functional groups attached to an aromatic ring is 1. The summed E-state index contributed by atoms with van der Waals surface area (Å²) in [5.41, 5.74) is 11.2. The second-order valence-corrected chi connectivity index (χ2v) is 9.60. The molecular formula is C31H31N3O2. The Hall–Kier alpha value is -4.12. The maximum absolute atomic E-state index is 12.4. The molecule has 0 aliphatic heterocycles. The van der Waals surface area contributed by atoms with Crippen molar-refractivity contribution in [1.29, 1.82) is 5.41 Å². The van der Waals surface area contributed by atoms with Crippen LogP contribution in [-0.4, -0.2) is 18.3 Å². The number of amidine groups is 1. The van der Waals surface area contributed by atoms with Crippen molar-refractivity contribution >= 4 is 22.5 Å². The number of ether oxygens (including phenoxy) is 1. The van der Waals surface area contributed by atoms with Crippen LogP contribution in [0.3, 0.4) is 0 Å². The minimum atomic E-state index is 0.0773. The number of aryl methyl sites for hydroxylation is 1. The number of nitrogens with two attached hydrogens (primary N) is 1. The summed E-state index contributed by atoms with van der Waals surface area (Å²) in [6.07, 6.45) is 3.49. The van der Waals surface area contributed by atoms with Gasteiger partial charge in [0.15, 0.2) is 0 Å². The van der Waals surface area contributed by atoms with Gasteiger partial charge in [0.2, 0.25) is 5.91 Å². The van der Waals surface area contributed by atoms with E-state index in [-0.39, 0.29) is 11.7 Å². The van der Waals surface area contributed by atoms with Crippen LogP contribution < -0.4 is 15.8 Å². The average molecular weight is 478 g/mol. The summed E-state index contributed by atoms with van der Waals surface area (Å²) in [5.74, 6) is 1.47. The first-order valence-corrected chi connectivity index (χ1v) is 12.5. The number of amides is 1. The Morgan fingerprint density at radius 1 is 0.917 bits per heavy atom. The predicted octanol–water partition coefficient (Wildman–Crippen LogP) is 5.17. The van der Waals surface area contributed by atoms with Gasteiger partial charge in [-0.15, -0.1) is 0 Å². The molecule has 0 spiro atoms. The van der Waals surface area contributed by atoms with E-state index in [4.69, 9.17) is 15.9 Å². The Bertz CT molecular complexity index is 1400. The molecule has 5 rings (SSSR count). The SMILES string of the molecule is N=C(N)c1ccc2cc(COc3ccc4c(c3)CC(CNC(=O)Cc3ccccc3)CC4)ccc2c1. The summed E-state index contributed by atoms with van der Waals surface area (Å²) in [4.78, 5) is 12.4. The summed E-state index contributed by atoms with van der Waals surface area (Å²) in [7, 11) is 0. The minimum Gasteiger partial charge on any atom is -0.489 e. The topological polar surface area (TPSA) is 88.2 Å². The Balaban J connectivity index is 1.17. The molecule has 0 fully saturated rings. The molecule has 1 unspecified atom stereocenters. The highest BCUT2D eigenvalue weighted by Gasteiger charge is 2.20. The van der Waals surface area contributed by atoms with E-state index in [1.807, 2.05) is 54.6 Å². The first kappa shape index (κ1) is 23.6. The van der Waals surface area contributed by atoms with E-state index in [2.05, 4.69) is 35.6 Å². The van der Waals surface area contributed by atoms with E-state index in [1.165, 1.54) is 11.1 Å². The standard InChI is InChI=1S/C31H31N3O2/c32-31(33)27-11-10-25-15-23(7-9-26(25)17-27)20-36-29-13-12-24-8-6-22(14-28(24)18-29)19-34-30(35)16-21-4-2-1-3-5-21/h1-5,7,9-13,15,17-18,22H,6,8,14,16,19-20H2,(H3,32,33)(H,34,35). The van der Waals surface area contributed by atoms with Crippen molar-refractivity contribution in [3.63, 3.8) is 0 Å². The molecule has 0 heterocycles. The zero-order valence-electron chi connectivity index (χ0n) is 20.3. The summed E-state index contributed by atoms with van der Waals surface area (Å²) in [6, 6.07) is 28.3. The van der Waals surface area contributed by atoms with Crippen molar-refractivity contribution in [2.24, 2.45) is 11.7 Å². The van der Waals surface area contributed by atoms with Gasteiger partial charge in [0.25, 0.3) is 0 Å². The molecule has 0 saturated carbocycles. The second kappa shape index (κ2) is 10.6. The number of fused-ring (bicyclic) bond motifs is 2. The largest absolute Gasteiger partial charge is 0.489 e. The van der Waals surface area contributed by atoms with E-state index < -0.39 is 0 Å². The van der Waals surface area contributed by atoms with Crippen LogP contribution in [0.15, 0.2) is 84.9 Å². The third-order valence-electron chi connectivity index (χ3n) is 6.92. The number of carbonyl (C=O) groups is 1. The van der Waals surface area contributed by atoms with Gasteiger partial charge in [-0.05, 0) is 82.5 Å². The third-order valence-corrected chi connectivity index (χ3v) is 6.92. The zero-order valence-corrected chi connectivity index (χ0v) is 20.3. The number of rotatable bonds is 8. The maximum atomic E-state index is 12.4. The van der Waals surface area contributed by atoms with Gasteiger partial charge in [-0.3, -0.25) is 10.2 Å². The highest BCUT2D eigenvalue weighted by molar-refractivity contribution is 5.99. The van der Waals surface area contributed by atoms with Crippen molar-refractivity contribution in [1.82, 2.24) is 5.32 Å². The highest BCUT2D eigenvalue weighted by Crippen LogP contribution is 2.29. The van der Waals surface area contributed by atoms with Gasteiger partial charge < -0.3 is 15.8 Å². The number of benzene rings is 4. The average Bonchev–Trinajstić information content (AvgIpc) is 2.90. The molecule has 4 aromatic carbocycles. The Morgan fingerprint density at radius 3 is 2.56 bits per heavy atom. The molecule has 1 aliphatic carbocycles. The maximum Gasteiger partial charge on any atom is 0.224 e. The molecule has 1 aliphatic rings. The first-order valence-electron chi connectivity index (χ1n) is 12.5. The van der Waals surface area contributed by atoms with E-state index >= 15 is 0 Å². The van der Waals surface area contributed by atoms with Crippen LogP contribution in [0.5, 0.6) is 5.75 Å². The Morgan fingerprint density at radius 2 is 1.72 bits per heavy atom. The number of nitrogens with one attached hydrogen (secondary N) is 2. The minimum absolute atomic E-state index is 0.0773. The zero-order chi connectivity index (χ0) is 24.9. The molecule has 4 N–H and O–H groups in total. The summed E-state index contributed by atoms with van der Waals surface area (Å²) in [6.45, 7) is 1.20. The molecule has 5 heteroatoms. The molecule has 0 radical (unpaired) electrons. The van der Waals surface area contributed by atoms with Crippen LogP contribution in [0.2, 0.25) is 0 Å². The lowest BCUT2D eigenvalue weighted by Crippen LogP contribution is -2.32. The third kappa shape index (κ3) is 5.74. The Labute approximate surface area is 211 Å². The molecular weight excluding hydrogens is 446 g/mol. The van der Waals surface area contributed by atoms with Crippen molar-refractivity contribution in [3.8, 4) is 5.75 Å². The van der Waals surface area contributed by atoms with Crippen molar-refractivity contribution in [2.45, 2.75) is 32.3 Å². The molecule has 36 heavy (non-hydrogen) atoms. The van der Waals surface area contributed by atoms with Gasteiger partial charge in [0, 0.05) is 12.1 Å². The van der Waals surface area contributed by atoms with Crippen LogP contribution in [0, 0.1) is 11.3 Å². The van der Waals surface area contributed by atoms with Crippen LogP contribution in [0.1, 0.15) is 34.2 Å². The molecule has 5 nitrogen and oxygen atoms in total. The van der Waals surface area contributed by atoms with Crippen LogP contribution in [-0.2, 0) is 30.7 Å². The van der Waals surface area contributed by atoms with Gasteiger partial charge >= 0.3 is 0 Å². The van der Waals surface area contributed by atoms with Gasteiger partial charge in [-0.1, -0.05) is 60.7 Å². The Kier molecular flexibility index (Phi) is 6.99. The summed E-state index contributed by atoms with van der Waals surface area (Å²) in [5, 5.41) is 12.9. The summed E-state index contributed by atoms with van der Waals surface area (Å²) < 4.78 is 6.14. The predicted molar refractivity (Wildman–Crippen MR) is 144 cm³/mol. The van der Waals surface area contributed by atoms with E-state index in [1.54, 1.807) is 0 Å². The number of carbonyl (C=O) groups excluding carboxylic acids is 1. The monoisotopic (exact) mass is 477 g/mol. The fourth-order valence-corrected chi connectivity index (χ4v) is 4.89. The van der Waals surface area contributed by atoms with Gasteiger partial charge in [-0.2, -0.15) is 0 Å². The lowest BCUT2D eigenvalue weighted by molar-refractivity contribution is -0.120. The number of hydrogen-bond acceptors (Lipinski definition) is 3. The van der Waals surface area contributed by atoms with Crippen molar-refractivity contribution < 1.29 is 9.53 Å². The molecule has 0 bridgehead atoms. The van der Waals surface area contributed by atoms with Crippen molar-refractivity contribution in [3.05, 3.63) is 113 Å². The molecule has 0 aromatic heterocycles. The first-order chi connectivity index (χ1) is 17.5. The molecule has 182 valence electrons. The molecule has 1 atom stereocenters. The van der Waals surface area contributed by atoms with Gasteiger partial charge in [-0.25, -0.2) is 0 Å². The fraction of sp³-hybridized carbons (Fsp3) is 0.226. The quantitative estimate of drug-likeness (QED) is 0.242. The molecule has 0 saturated heterocycles. The fourth-order valence-electron chi connectivity index (χ4n) is 4.89. The van der Waals surface area contributed by atoms with Gasteiger partial charge in [0.1, 0.15) is 18.2 Å². The van der Waals surface area contributed by atoms with Crippen molar-refractivity contribution in [2.75, 3.05) is 6.54 Å². The molecule has 4 aromatic rings. The smallest absolute Gasteiger partial charge is 0.224 e. The number of hydrogen-bond donors (Lipinski definition) is 3. The van der Waals surface area contributed by atoms with E-state index in [9.17, 15) is 4.79 Å². The van der Waals surface area contributed by atoms with Gasteiger partial charge in [0.05, 0.1) is 6.42 Å². The summed E-state index contributed by atoms with van der Waals surface area (Å²) >= 11 is 0. The second-order valence-electron chi connectivity index (χ2n) is 9.60.